The van der Waals surface area contributed by atoms with Gasteiger partial charge in [0.1, 0.15) is 16.7 Å². The molecule has 1 aliphatic heterocycles. The van der Waals surface area contributed by atoms with Crippen molar-refractivity contribution < 1.29 is 23.4 Å². The minimum atomic E-state index is -3.26. The molecule has 206 valence electrons. The number of aromatic nitrogens is 3. The monoisotopic (exact) mass is 542 g/mol. The highest BCUT2D eigenvalue weighted by molar-refractivity contribution is 8.22. The third-order valence-electron chi connectivity index (χ3n) is 6.86. The highest BCUT2D eigenvalue weighted by Crippen LogP contribution is 2.57. The van der Waals surface area contributed by atoms with Crippen LogP contribution in [-0.2, 0) is 29.0 Å². The van der Waals surface area contributed by atoms with Crippen LogP contribution in [0.15, 0.2) is 53.6 Å². The number of esters is 1. The molecule has 2 unspecified atom stereocenters. The lowest BCUT2D eigenvalue weighted by Gasteiger charge is -2.42. The predicted octanol–water partition coefficient (Wildman–Crippen LogP) is 5.58. The maximum Gasteiger partial charge on any atom is 0.306 e. The van der Waals surface area contributed by atoms with E-state index in [-0.39, 0.29) is 24.4 Å². The molecule has 2 atom stereocenters. The molecule has 0 saturated carbocycles. The molecular formula is C28H38N4O5S. The second kappa shape index (κ2) is 12.3. The number of para-hydroxylation sites is 1. The lowest BCUT2D eigenvalue weighted by molar-refractivity contribution is -0.143. The first-order valence-electron chi connectivity index (χ1n) is 13.1. The van der Waals surface area contributed by atoms with E-state index < -0.39 is 10.8 Å². The fourth-order valence-corrected chi connectivity index (χ4v) is 6.42. The molecule has 38 heavy (non-hydrogen) atoms. The van der Waals surface area contributed by atoms with Gasteiger partial charge in [0.05, 0.1) is 25.3 Å². The fourth-order valence-electron chi connectivity index (χ4n) is 4.76. The number of hydrogen-bond donors (Lipinski definition) is 2. The number of rotatable bonds is 10. The maximum atomic E-state index is 12.5. The third-order valence-corrected chi connectivity index (χ3v) is 8.79. The molecule has 9 nitrogen and oxygen atoms in total. The Bertz CT molecular complexity index is 1250. The van der Waals surface area contributed by atoms with Gasteiger partial charge in [0.25, 0.3) is 0 Å². The molecule has 0 radical (unpaired) electrons. The van der Waals surface area contributed by atoms with Crippen LogP contribution in [0.5, 0.6) is 5.75 Å². The molecule has 4 rings (SSSR count). The number of fused-ring (bicyclic) bond motifs is 1. The Labute approximate surface area is 226 Å². The van der Waals surface area contributed by atoms with Crippen LogP contribution in [0.25, 0.3) is 0 Å². The lowest BCUT2D eigenvalue weighted by Crippen LogP contribution is -2.33. The van der Waals surface area contributed by atoms with Crippen molar-refractivity contribution in [2.75, 3.05) is 13.2 Å². The Hall–Kier alpha value is -2.92. The molecule has 2 heterocycles. The Morgan fingerprint density at radius 1 is 1.24 bits per heavy atom. The van der Waals surface area contributed by atoms with Gasteiger partial charge in [-0.15, -0.1) is 15.9 Å². The first-order chi connectivity index (χ1) is 18.2. The third kappa shape index (κ3) is 6.55. The summed E-state index contributed by atoms with van der Waals surface area (Å²) in [5, 5.41) is 8.38. The molecule has 0 spiro atoms. The first kappa shape index (κ1) is 28.1. The zero-order chi connectivity index (χ0) is 27.3. The van der Waals surface area contributed by atoms with Gasteiger partial charge in [-0.2, -0.15) is 4.31 Å². The van der Waals surface area contributed by atoms with Crippen molar-refractivity contribution in [1.29, 1.82) is 0 Å². The summed E-state index contributed by atoms with van der Waals surface area (Å²) in [6.07, 6.45) is 3.37. The minimum Gasteiger partial charge on any atom is -0.487 e. The van der Waals surface area contributed by atoms with Crippen molar-refractivity contribution in [3.8, 4) is 5.75 Å². The highest BCUT2D eigenvalue weighted by Gasteiger charge is 2.34. The summed E-state index contributed by atoms with van der Waals surface area (Å²) in [4.78, 5) is 12.9. The summed E-state index contributed by atoms with van der Waals surface area (Å²) in [6.45, 7) is 9.55. The average molecular weight is 543 g/mol. The van der Waals surface area contributed by atoms with E-state index in [1.807, 2.05) is 52.1 Å². The van der Waals surface area contributed by atoms with Gasteiger partial charge >= 0.3 is 5.97 Å². The van der Waals surface area contributed by atoms with E-state index in [9.17, 15) is 13.9 Å². The van der Waals surface area contributed by atoms with Crippen LogP contribution < -0.4 is 4.74 Å². The van der Waals surface area contributed by atoms with Crippen LogP contribution in [0.3, 0.4) is 0 Å². The van der Waals surface area contributed by atoms with Gasteiger partial charge in [-0.05, 0) is 75.3 Å². The van der Waals surface area contributed by atoms with Crippen molar-refractivity contribution in [3.05, 3.63) is 71.0 Å². The summed E-state index contributed by atoms with van der Waals surface area (Å²) in [5.74, 6) is 0.191. The average Bonchev–Trinajstić information content (AvgIpc) is 3.32. The second-order valence-electron chi connectivity index (χ2n) is 9.71. The topological polar surface area (TPSA) is 110 Å². The molecule has 1 aliphatic rings. The second-order valence-corrected chi connectivity index (χ2v) is 11.7. The zero-order valence-corrected chi connectivity index (χ0v) is 23.4. The Kier molecular flexibility index (Phi) is 9.09. The predicted molar refractivity (Wildman–Crippen MR) is 147 cm³/mol. The molecule has 0 aliphatic carbocycles. The van der Waals surface area contributed by atoms with Gasteiger partial charge in [-0.3, -0.25) is 18.6 Å². The van der Waals surface area contributed by atoms with E-state index in [1.165, 1.54) is 0 Å². The van der Waals surface area contributed by atoms with Gasteiger partial charge in [-0.25, -0.2) is 0 Å². The number of ether oxygens (including phenoxy) is 2. The van der Waals surface area contributed by atoms with E-state index in [2.05, 4.69) is 16.4 Å². The van der Waals surface area contributed by atoms with Gasteiger partial charge in [0, 0.05) is 19.3 Å². The smallest absolute Gasteiger partial charge is 0.306 e. The summed E-state index contributed by atoms with van der Waals surface area (Å²) < 4.78 is 37.4. The largest absolute Gasteiger partial charge is 0.487 e. The van der Waals surface area contributed by atoms with Crippen LogP contribution in [-0.4, -0.2) is 53.6 Å². The van der Waals surface area contributed by atoms with E-state index in [1.54, 1.807) is 27.2 Å². The molecule has 1 aromatic heterocycles. The summed E-state index contributed by atoms with van der Waals surface area (Å²) in [5.41, 5.74) is 3.91. The summed E-state index contributed by atoms with van der Waals surface area (Å²) in [7, 11) is -3.26. The van der Waals surface area contributed by atoms with Gasteiger partial charge in [0.15, 0.2) is 0 Å². The van der Waals surface area contributed by atoms with E-state index in [4.69, 9.17) is 9.47 Å². The molecular weight excluding hydrogens is 504 g/mol. The number of benzene rings is 2. The molecule has 0 fully saturated rings. The quantitative estimate of drug-likeness (QED) is 0.319. The van der Waals surface area contributed by atoms with E-state index in [0.29, 0.717) is 43.2 Å². The summed E-state index contributed by atoms with van der Waals surface area (Å²) >= 11 is 0. The van der Waals surface area contributed by atoms with Gasteiger partial charge < -0.3 is 9.47 Å². The first-order valence-corrected chi connectivity index (χ1v) is 14.6. The Balaban J connectivity index is 1.60. The van der Waals surface area contributed by atoms with Gasteiger partial charge in [0.2, 0.25) is 0 Å². The maximum absolute atomic E-state index is 12.5. The molecule has 0 bridgehead atoms. The van der Waals surface area contributed by atoms with Crippen LogP contribution in [0.4, 0.5) is 0 Å². The molecule has 0 saturated heterocycles. The molecule has 10 heteroatoms. The van der Waals surface area contributed by atoms with Crippen LogP contribution in [0, 0.1) is 6.92 Å². The SMILES string of the molecule is CCOC(=O)CC(CCc1cn(CC)nn1)c1ccc(C)c(CN2CC(C)Oc3ccccc3S2(O)O)c1. The van der Waals surface area contributed by atoms with Crippen LogP contribution in [0.1, 0.15) is 61.9 Å². The Morgan fingerprint density at radius 3 is 2.76 bits per heavy atom. The van der Waals surface area contributed by atoms with Crippen molar-refractivity contribution in [2.45, 2.75) is 77.0 Å². The van der Waals surface area contributed by atoms with Crippen LogP contribution >= 0.6 is 10.8 Å². The molecule has 0 amide bonds. The number of aryl methyl sites for hydroxylation is 3. The zero-order valence-electron chi connectivity index (χ0n) is 22.5. The standard InChI is InChI=1S/C28H38N4O5S/c1-5-31-19-25(29-30-31)14-13-23(16-28(33)36-6-2)22-12-11-20(3)24(15-22)18-32-17-21(4)37-26-9-7-8-10-27(26)38(32,34)35/h7-12,15,19,21,23,34-35H,5-6,13-14,16-18H2,1-4H3. The fraction of sp³-hybridized carbons (Fsp3) is 0.464. The number of hydrogen-bond acceptors (Lipinski definition) is 8. The minimum absolute atomic E-state index is 0.0762. The van der Waals surface area contributed by atoms with Crippen molar-refractivity contribution >= 4 is 16.7 Å². The molecule has 2 N–H and O–H groups in total. The number of carbonyl (C=O) groups is 1. The van der Waals surface area contributed by atoms with E-state index >= 15 is 0 Å². The molecule has 2 aromatic carbocycles. The van der Waals surface area contributed by atoms with Crippen molar-refractivity contribution in [1.82, 2.24) is 19.3 Å². The highest BCUT2D eigenvalue weighted by atomic mass is 32.3. The van der Waals surface area contributed by atoms with Gasteiger partial charge in [-0.1, -0.05) is 35.5 Å². The van der Waals surface area contributed by atoms with Crippen molar-refractivity contribution in [2.24, 2.45) is 0 Å². The summed E-state index contributed by atoms with van der Waals surface area (Å²) in [6, 6.07) is 13.3. The van der Waals surface area contributed by atoms with Crippen molar-refractivity contribution in [3.63, 3.8) is 0 Å². The normalized spacial score (nSPS) is 18.6. The number of carbonyl (C=O) groups excluding carboxylic acids is 1. The van der Waals surface area contributed by atoms with Crippen LogP contribution in [0.2, 0.25) is 0 Å². The number of nitrogens with zero attached hydrogens (tertiary/aromatic N) is 4. The van der Waals surface area contributed by atoms with E-state index in [0.717, 1.165) is 28.9 Å². The Morgan fingerprint density at radius 2 is 2.03 bits per heavy atom. The lowest BCUT2D eigenvalue weighted by atomic mass is 9.88. The molecule has 3 aromatic rings.